The van der Waals surface area contributed by atoms with Gasteiger partial charge in [-0.05, 0) is 55.5 Å². The number of carbonyl (C=O) groups excluding carboxylic acids is 1. The molecule has 1 aromatic heterocycles. The molecule has 4 aromatic rings. The summed E-state index contributed by atoms with van der Waals surface area (Å²) in [6, 6.07) is 23.5. The van der Waals surface area contributed by atoms with Crippen LogP contribution in [0.25, 0.3) is 23.0 Å². The minimum Gasteiger partial charge on any atom is -0.494 e. The van der Waals surface area contributed by atoms with Gasteiger partial charge in [0, 0.05) is 17.3 Å². The number of ether oxygens (including phenoxy) is 1. The number of para-hydroxylation sites is 2. The van der Waals surface area contributed by atoms with E-state index in [2.05, 4.69) is 5.10 Å². The predicted octanol–water partition coefficient (Wildman–Crippen LogP) is 5.49. The van der Waals surface area contributed by atoms with Crippen molar-refractivity contribution < 1.29 is 13.9 Å². The second kappa shape index (κ2) is 8.78. The van der Waals surface area contributed by atoms with Crippen LogP contribution in [-0.4, -0.2) is 28.5 Å². The quantitative estimate of drug-likeness (QED) is 0.376. The summed E-state index contributed by atoms with van der Waals surface area (Å²) in [5, 5.41) is 10.6. The van der Waals surface area contributed by atoms with Gasteiger partial charge < -0.3 is 4.74 Å². The molecule has 1 aliphatic rings. The number of hydrazone groups is 1. The molecule has 1 aliphatic heterocycles. The van der Waals surface area contributed by atoms with Gasteiger partial charge in [-0.15, -0.1) is 0 Å². The number of aromatic nitrogens is 2. The van der Waals surface area contributed by atoms with Crippen LogP contribution in [0.1, 0.15) is 12.5 Å². The molecule has 5 rings (SSSR count). The van der Waals surface area contributed by atoms with Crippen molar-refractivity contribution in [2.75, 3.05) is 12.1 Å². The monoisotopic (exact) mass is 452 g/mol. The van der Waals surface area contributed by atoms with E-state index in [0.717, 1.165) is 5.69 Å². The molecule has 1 amide bonds. The third-order valence-corrected chi connectivity index (χ3v) is 5.55. The fourth-order valence-corrected chi connectivity index (χ4v) is 3.83. The number of anilines is 1. The molecular formula is C27H21FN4O2. The molecule has 3 aromatic carbocycles. The van der Waals surface area contributed by atoms with Crippen molar-refractivity contribution in [3.05, 3.63) is 102 Å². The number of amides is 1. The smallest absolute Gasteiger partial charge is 0.280 e. The maximum Gasteiger partial charge on any atom is 0.280 e. The topological polar surface area (TPSA) is 59.7 Å². The first-order chi connectivity index (χ1) is 16.5. The average molecular weight is 452 g/mol. The number of hydrogen-bond donors (Lipinski definition) is 0. The van der Waals surface area contributed by atoms with Gasteiger partial charge in [0.25, 0.3) is 5.91 Å². The first kappa shape index (κ1) is 21.3. The zero-order valence-corrected chi connectivity index (χ0v) is 18.6. The van der Waals surface area contributed by atoms with E-state index in [0.29, 0.717) is 33.8 Å². The van der Waals surface area contributed by atoms with Gasteiger partial charge in [-0.2, -0.15) is 15.2 Å². The molecule has 0 atom stereocenters. The lowest BCUT2D eigenvalue weighted by molar-refractivity contribution is -0.114. The fourth-order valence-electron chi connectivity index (χ4n) is 3.83. The molecule has 0 spiro atoms. The minimum absolute atomic E-state index is 0.151. The highest BCUT2D eigenvalue weighted by Gasteiger charge is 2.29. The molecule has 0 unspecified atom stereocenters. The minimum atomic E-state index is -0.488. The molecular weight excluding hydrogens is 431 g/mol. The second-order valence-electron chi connectivity index (χ2n) is 7.76. The van der Waals surface area contributed by atoms with E-state index >= 15 is 0 Å². The molecule has 0 saturated carbocycles. The van der Waals surface area contributed by atoms with Gasteiger partial charge in [0.1, 0.15) is 5.69 Å². The van der Waals surface area contributed by atoms with E-state index in [1.54, 1.807) is 29.8 Å². The molecule has 6 nitrogen and oxygen atoms in total. The normalized spacial score (nSPS) is 14.6. The number of halogens is 1. The van der Waals surface area contributed by atoms with Crippen molar-refractivity contribution in [3.63, 3.8) is 0 Å². The summed E-state index contributed by atoms with van der Waals surface area (Å²) in [4.78, 5) is 13.2. The molecule has 2 heterocycles. The van der Waals surface area contributed by atoms with Crippen molar-refractivity contribution in [2.45, 2.75) is 6.92 Å². The van der Waals surface area contributed by atoms with Crippen LogP contribution < -0.4 is 9.75 Å². The lowest BCUT2D eigenvalue weighted by atomic mass is 10.0. The summed E-state index contributed by atoms with van der Waals surface area (Å²) in [6.07, 6.45) is 3.58. The van der Waals surface area contributed by atoms with Gasteiger partial charge in [-0.1, -0.05) is 36.4 Å². The largest absolute Gasteiger partial charge is 0.494 e. The molecule has 0 bridgehead atoms. The summed E-state index contributed by atoms with van der Waals surface area (Å²) in [5.41, 5.74) is 4.35. The summed E-state index contributed by atoms with van der Waals surface area (Å²) in [5.74, 6) is -0.570. The van der Waals surface area contributed by atoms with Crippen LogP contribution in [0.4, 0.5) is 10.1 Å². The van der Waals surface area contributed by atoms with Crippen molar-refractivity contribution in [2.24, 2.45) is 5.10 Å². The van der Waals surface area contributed by atoms with Crippen LogP contribution in [0.2, 0.25) is 0 Å². The number of methoxy groups -OCH3 is 1. The number of rotatable bonds is 5. The Morgan fingerprint density at radius 2 is 1.62 bits per heavy atom. The molecule has 34 heavy (non-hydrogen) atoms. The van der Waals surface area contributed by atoms with E-state index < -0.39 is 5.82 Å². The Morgan fingerprint density at radius 1 is 0.941 bits per heavy atom. The van der Waals surface area contributed by atoms with Crippen LogP contribution in [-0.2, 0) is 4.79 Å². The summed E-state index contributed by atoms with van der Waals surface area (Å²) >= 11 is 0. The highest BCUT2D eigenvalue weighted by atomic mass is 19.1. The first-order valence-corrected chi connectivity index (χ1v) is 10.7. The van der Waals surface area contributed by atoms with Gasteiger partial charge in [0.15, 0.2) is 11.6 Å². The van der Waals surface area contributed by atoms with Gasteiger partial charge in [-0.3, -0.25) is 4.79 Å². The Morgan fingerprint density at radius 3 is 2.26 bits per heavy atom. The Balaban J connectivity index is 1.61. The molecule has 0 fully saturated rings. The van der Waals surface area contributed by atoms with Crippen molar-refractivity contribution >= 4 is 23.4 Å². The number of hydrogen-bond acceptors (Lipinski definition) is 4. The Kier molecular flexibility index (Phi) is 5.51. The van der Waals surface area contributed by atoms with Gasteiger partial charge in [-0.25, -0.2) is 9.07 Å². The highest BCUT2D eigenvalue weighted by molar-refractivity contribution is 6.32. The van der Waals surface area contributed by atoms with Gasteiger partial charge >= 0.3 is 0 Å². The number of carbonyl (C=O) groups is 1. The van der Waals surface area contributed by atoms with Crippen molar-refractivity contribution in [1.82, 2.24) is 9.78 Å². The van der Waals surface area contributed by atoms with Gasteiger partial charge in [0.2, 0.25) is 0 Å². The van der Waals surface area contributed by atoms with E-state index in [1.807, 2.05) is 66.9 Å². The van der Waals surface area contributed by atoms with Crippen LogP contribution in [0.5, 0.6) is 5.75 Å². The maximum absolute atomic E-state index is 14.5. The zero-order chi connectivity index (χ0) is 23.7. The third-order valence-electron chi connectivity index (χ3n) is 5.55. The first-order valence-electron chi connectivity index (χ1n) is 10.7. The maximum atomic E-state index is 14.5. The predicted molar refractivity (Wildman–Crippen MR) is 131 cm³/mol. The summed E-state index contributed by atoms with van der Waals surface area (Å²) in [6.45, 7) is 1.79. The fraction of sp³-hybridized carbons (Fsp3) is 0.0741. The van der Waals surface area contributed by atoms with E-state index in [-0.39, 0.29) is 11.7 Å². The SMILES string of the molecule is COc1ccc(-c2nn(-c3ccccc3)cc2/C=C2/C(=O)N(c3ccccc3)N=C2C)cc1F. The molecule has 0 radical (unpaired) electrons. The Labute approximate surface area is 196 Å². The summed E-state index contributed by atoms with van der Waals surface area (Å²) < 4.78 is 21.3. The van der Waals surface area contributed by atoms with Crippen LogP contribution in [0.15, 0.2) is 95.7 Å². The van der Waals surface area contributed by atoms with Crippen LogP contribution in [0, 0.1) is 5.82 Å². The van der Waals surface area contributed by atoms with E-state index in [4.69, 9.17) is 9.84 Å². The number of benzene rings is 3. The molecule has 0 N–H and O–H groups in total. The zero-order valence-electron chi connectivity index (χ0n) is 18.6. The Bertz CT molecular complexity index is 1430. The average Bonchev–Trinajstić information content (AvgIpc) is 3.42. The summed E-state index contributed by atoms with van der Waals surface area (Å²) in [7, 11) is 1.42. The van der Waals surface area contributed by atoms with Crippen molar-refractivity contribution in [3.8, 4) is 22.7 Å². The molecule has 0 aliphatic carbocycles. The molecule has 0 saturated heterocycles. The van der Waals surface area contributed by atoms with Crippen LogP contribution in [0.3, 0.4) is 0 Å². The second-order valence-corrected chi connectivity index (χ2v) is 7.76. The number of nitrogens with zero attached hydrogens (tertiary/aromatic N) is 4. The highest BCUT2D eigenvalue weighted by Crippen LogP contribution is 2.31. The molecule has 7 heteroatoms. The lowest BCUT2D eigenvalue weighted by Gasteiger charge is -2.11. The third kappa shape index (κ3) is 3.88. The molecule has 168 valence electrons. The lowest BCUT2D eigenvalue weighted by Crippen LogP contribution is -2.21. The van der Waals surface area contributed by atoms with Crippen molar-refractivity contribution in [1.29, 1.82) is 0 Å². The Hall–Kier alpha value is -4.52. The van der Waals surface area contributed by atoms with Crippen LogP contribution >= 0.6 is 0 Å². The van der Waals surface area contributed by atoms with Gasteiger partial charge in [0.05, 0.1) is 29.8 Å². The standard InChI is InChI=1S/C27H21FN4O2/c1-18-23(27(33)32(29-18)22-11-7-4-8-12-22)15-20-17-31(21-9-5-3-6-10-21)30-26(20)19-13-14-25(34-2)24(28)16-19/h3-17H,1-2H3/b23-15+. The van der Waals surface area contributed by atoms with E-state index in [9.17, 15) is 9.18 Å². The van der Waals surface area contributed by atoms with E-state index in [1.165, 1.54) is 18.2 Å².